The van der Waals surface area contributed by atoms with E-state index in [1.54, 1.807) is 0 Å². The van der Waals surface area contributed by atoms with E-state index in [0.29, 0.717) is 19.5 Å². The van der Waals surface area contributed by atoms with E-state index in [9.17, 15) is 4.79 Å². The number of hydrogen-bond donors (Lipinski definition) is 2. The summed E-state index contributed by atoms with van der Waals surface area (Å²) in [5.41, 5.74) is 10.5. The zero-order chi connectivity index (χ0) is 9.78. The van der Waals surface area contributed by atoms with Crippen LogP contribution in [0.4, 0.5) is 0 Å². The molecule has 0 saturated heterocycles. The zero-order valence-electron chi connectivity index (χ0n) is 8.13. The molecule has 1 amide bonds. The van der Waals surface area contributed by atoms with Crippen molar-refractivity contribution in [2.75, 3.05) is 20.1 Å². The SMILES string of the molecule is CN(CCC(N)=O)C(C)(C)CN. The molecule has 0 aromatic heterocycles. The van der Waals surface area contributed by atoms with Crippen LogP contribution >= 0.6 is 0 Å². The molecule has 4 heteroatoms. The first-order valence-electron chi connectivity index (χ1n) is 4.10. The number of primary amides is 1. The maximum absolute atomic E-state index is 10.5. The Morgan fingerprint density at radius 2 is 2.00 bits per heavy atom. The molecule has 72 valence electrons. The van der Waals surface area contributed by atoms with Gasteiger partial charge in [-0.1, -0.05) is 0 Å². The summed E-state index contributed by atoms with van der Waals surface area (Å²) in [6, 6.07) is 0. The van der Waals surface area contributed by atoms with Gasteiger partial charge in [-0.3, -0.25) is 9.69 Å². The molecule has 4 N–H and O–H groups in total. The number of likely N-dealkylation sites (N-methyl/N-ethyl adjacent to an activating group) is 1. The van der Waals surface area contributed by atoms with Crippen molar-refractivity contribution in [3.63, 3.8) is 0 Å². The molecule has 12 heavy (non-hydrogen) atoms. The molecule has 0 spiro atoms. The van der Waals surface area contributed by atoms with Crippen LogP contribution < -0.4 is 11.5 Å². The van der Waals surface area contributed by atoms with Crippen LogP contribution in [0.5, 0.6) is 0 Å². The van der Waals surface area contributed by atoms with Crippen molar-refractivity contribution in [1.82, 2.24) is 4.90 Å². The fraction of sp³-hybridized carbons (Fsp3) is 0.875. The monoisotopic (exact) mass is 173 g/mol. The minimum atomic E-state index is -0.269. The molecule has 0 rings (SSSR count). The Bertz CT molecular complexity index is 156. The summed E-state index contributed by atoms with van der Waals surface area (Å²) < 4.78 is 0. The van der Waals surface area contributed by atoms with E-state index in [-0.39, 0.29) is 11.4 Å². The van der Waals surface area contributed by atoms with Gasteiger partial charge in [-0.15, -0.1) is 0 Å². The summed E-state index contributed by atoms with van der Waals surface area (Å²) in [7, 11) is 1.94. The van der Waals surface area contributed by atoms with E-state index in [1.807, 2.05) is 25.8 Å². The molecule has 0 aliphatic rings. The Balaban J connectivity index is 3.86. The molecule has 0 aromatic rings. The first-order chi connectivity index (χ1) is 5.40. The van der Waals surface area contributed by atoms with Crippen LogP contribution in [0.1, 0.15) is 20.3 Å². The van der Waals surface area contributed by atoms with Gasteiger partial charge in [0, 0.05) is 25.0 Å². The van der Waals surface area contributed by atoms with E-state index in [0.717, 1.165) is 0 Å². The van der Waals surface area contributed by atoms with E-state index >= 15 is 0 Å². The number of nitrogens with zero attached hydrogens (tertiary/aromatic N) is 1. The Hall–Kier alpha value is -0.610. The molecule has 0 aromatic carbocycles. The summed E-state index contributed by atoms with van der Waals surface area (Å²) in [4.78, 5) is 12.5. The van der Waals surface area contributed by atoms with Gasteiger partial charge >= 0.3 is 0 Å². The topological polar surface area (TPSA) is 72.3 Å². The van der Waals surface area contributed by atoms with Gasteiger partial charge < -0.3 is 11.5 Å². The summed E-state index contributed by atoms with van der Waals surface area (Å²) in [5.74, 6) is -0.269. The normalized spacial score (nSPS) is 12.1. The summed E-state index contributed by atoms with van der Waals surface area (Å²) >= 11 is 0. The molecule has 0 unspecified atom stereocenters. The van der Waals surface area contributed by atoms with Crippen molar-refractivity contribution < 1.29 is 4.79 Å². The van der Waals surface area contributed by atoms with E-state index in [2.05, 4.69) is 0 Å². The lowest BCUT2D eigenvalue weighted by Gasteiger charge is -2.34. The Morgan fingerprint density at radius 1 is 1.50 bits per heavy atom. The van der Waals surface area contributed by atoms with Crippen LogP contribution in [0.2, 0.25) is 0 Å². The molecule has 0 radical (unpaired) electrons. The van der Waals surface area contributed by atoms with Gasteiger partial charge in [0.25, 0.3) is 0 Å². The van der Waals surface area contributed by atoms with Crippen LogP contribution in [-0.2, 0) is 4.79 Å². The lowest BCUT2D eigenvalue weighted by atomic mass is 10.0. The lowest BCUT2D eigenvalue weighted by Crippen LogP contribution is -2.47. The van der Waals surface area contributed by atoms with E-state index in [4.69, 9.17) is 11.5 Å². The molecular weight excluding hydrogens is 154 g/mol. The highest BCUT2D eigenvalue weighted by molar-refractivity contribution is 5.73. The molecule has 0 heterocycles. The van der Waals surface area contributed by atoms with Crippen LogP contribution in [0, 0.1) is 0 Å². The smallest absolute Gasteiger partial charge is 0.218 e. The maximum Gasteiger partial charge on any atom is 0.218 e. The van der Waals surface area contributed by atoms with Gasteiger partial charge in [-0.25, -0.2) is 0 Å². The fourth-order valence-electron chi connectivity index (χ4n) is 0.736. The molecule has 0 saturated carbocycles. The largest absolute Gasteiger partial charge is 0.370 e. The second-order valence-corrected chi connectivity index (χ2v) is 3.65. The average molecular weight is 173 g/mol. The van der Waals surface area contributed by atoms with Gasteiger partial charge in [0.15, 0.2) is 0 Å². The number of hydrogen-bond acceptors (Lipinski definition) is 3. The Kier molecular flexibility index (Phi) is 4.20. The quantitative estimate of drug-likeness (QED) is 0.590. The van der Waals surface area contributed by atoms with Gasteiger partial charge in [0.05, 0.1) is 0 Å². The van der Waals surface area contributed by atoms with Crippen LogP contribution in [0.25, 0.3) is 0 Å². The summed E-state index contributed by atoms with van der Waals surface area (Å²) in [6.07, 6.45) is 0.389. The molecule has 0 fully saturated rings. The zero-order valence-corrected chi connectivity index (χ0v) is 8.13. The average Bonchev–Trinajstić information content (AvgIpc) is 2.00. The minimum Gasteiger partial charge on any atom is -0.370 e. The fourth-order valence-corrected chi connectivity index (χ4v) is 0.736. The number of carbonyl (C=O) groups is 1. The predicted molar refractivity (Wildman–Crippen MR) is 49.6 cm³/mol. The molecule has 0 aliphatic heterocycles. The van der Waals surface area contributed by atoms with Gasteiger partial charge in [0.1, 0.15) is 0 Å². The van der Waals surface area contributed by atoms with Crippen LogP contribution in [-0.4, -0.2) is 36.5 Å². The third kappa shape index (κ3) is 3.69. The summed E-state index contributed by atoms with van der Waals surface area (Å²) in [6.45, 7) is 5.31. The van der Waals surface area contributed by atoms with Crippen molar-refractivity contribution in [2.45, 2.75) is 25.8 Å². The minimum absolute atomic E-state index is 0.0601. The third-order valence-corrected chi connectivity index (χ3v) is 2.23. The number of rotatable bonds is 5. The van der Waals surface area contributed by atoms with Crippen molar-refractivity contribution >= 4 is 5.91 Å². The molecule has 4 nitrogen and oxygen atoms in total. The summed E-state index contributed by atoms with van der Waals surface area (Å²) in [5, 5.41) is 0. The Labute approximate surface area is 73.9 Å². The van der Waals surface area contributed by atoms with Crippen molar-refractivity contribution in [2.24, 2.45) is 11.5 Å². The highest BCUT2D eigenvalue weighted by Gasteiger charge is 2.21. The van der Waals surface area contributed by atoms with Crippen molar-refractivity contribution in [1.29, 1.82) is 0 Å². The lowest BCUT2D eigenvalue weighted by molar-refractivity contribution is -0.118. The second kappa shape index (κ2) is 4.42. The van der Waals surface area contributed by atoms with E-state index < -0.39 is 0 Å². The number of amides is 1. The predicted octanol–water partition coefficient (Wildman–Crippen LogP) is -0.469. The highest BCUT2D eigenvalue weighted by atomic mass is 16.1. The highest BCUT2D eigenvalue weighted by Crippen LogP contribution is 2.09. The maximum atomic E-state index is 10.5. The Morgan fingerprint density at radius 3 is 2.33 bits per heavy atom. The van der Waals surface area contributed by atoms with Crippen molar-refractivity contribution in [3.05, 3.63) is 0 Å². The standard InChI is InChI=1S/C8H19N3O/c1-8(2,6-9)11(3)5-4-7(10)12/h4-6,9H2,1-3H3,(H2,10,12). The molecular formula is C8H19N3O. The molecule has 0 atom stereocenters. The first kappa shape index (κ1) is 11.4. The molecule has 0 aliphatic carbocycles. The number of carbonyl (C=O) groups excluding carboxylic acids is 1. The molecule has 0 bridgehead atoms. The number of nitrogens with two attached hydrogens (primary N) is 2. The second-order valence-electron chi connectivity index (χ2n) is 3.65. The van der Waals surface area contributed by atoms with Crippen molar-refractivity contribution in [3.8, 4) is 0 Å². The third-order valence-electron chi connectivity index (χ3n) is 2.23. The van der Waals surface area contributed by atoms with E-state index in [1.165, 1.54) is 0 Å². The van der Waals surface area contributed by atoms with Gasteiger partial charge in [-0.2, -0.15) is 0 Å². The first-order valence-corrected chi connectivity index (χ1v) is 4.10. The van der Waals surface area contributed by atoms with Crippen LogP contribution in [0.3, 0.4) is 0 Å². The van der Waals surface area contributed by atoms with Gasteiger partial charge in [0.2, 0.25) is 5.91 Å². The van der Waals surface area contributed by atoms with Crippen LogP contribution in [0.15, 0.2) is 0 Å². The van der Waals surface area contributed by atoms with Gasteiger partial charge in [-0.05, 0) is 20.9 Å².